The Balaban J connectivity index is 2.05. The summed E-state index contributed by atoms with van der Waals surface area (Å²) in [5, 5.41) is 2.86. The van der Waals surface area contributed by atoms with Crippen LogP contribution in [-0.2, 0) is 4.74 Å². The lowest BCUT2D eigenvalue weighted by atomic mass is 10.1. The van der Waals surface area contributed by atoms with Crippen LogP contribution in [0.3, 0.4) is 0 Å². The normalized spacial score (nSPS) is 11.5. The number of ether oxygens (including phenoxy) is 1. The van der Waals surface area contributed by atoms with Gasteiger partial charge in [-0.15, -0.1) is 0 Å². The highest BCUT2D eigenvalue weighted by atomic mass is 16.5. The van der Waals surface area contributed by atoms with Crippen LogP contribution in [0.4, 0.5) is 0 Å². The van der Waals surface area contributed by atoms with E-state index in [4.69, 9.17) is 0 Å². The lowest BCUT2D eigenvalue weighted by molar-refractivity contribution is 0.0600. The first-order valence-corrected chi connectivity index (χ1v) is 6.52. The van der Waals surface area contributed by atoms with Crippen LogP contribution in [0, 0.1) is 0 Å². The zero-order chi connectivity index (χ0) is 15.2. The summed E-state index contributed by atoms with van der Waals surface area (Å²) in [6, 6.07) is 11.7. The minimum absolute atomic E-state index is 0.195. The first-order valence-electron chi connectivity index (χ1n) is 6.52. The molecular formula is C16H16N2O3. The molecule has 2 aromatic rings. The van der Waals surface area contributed by atoms with Crippen molar-refractivity contribution >= 4 is 11.9 Å². The number of aromatic nitrogens is 1. The number of benzene rings is 1. The lowest BCUT2D eigenvalue weighted by Gasteiger charge is -2.13. The zero-order valence-corrected chi connectivity index (χ0v) is 11.9. The standard InChI is InChI=1S/C16H16N2O3/c1-11(14-5-3-4-10-17-14)18-15(19)12-6-8-13(9-7-12)16(20)21-2/h3-11H,1-2H3,(H,18,19)/t11-/m0/s1. The van der Waals surface area contributed by atoms with E-state index >= 15 is 0 Å². The molecule has 1 amide bonds. The molecule has 0 unspecified atom stereocenters. The highest BCUT2D eigenvalue weighted by molar-refractivity contribution is 5.96. The number of methoxy groups -OCH3 is 1. The number of amides is 1. The molecule has 0 fully saturated rings. The van der Waals surface area contributed by atoms with Crippen molar-refractivity contribution < 1.29 is 14.3 Å². The Labute approximate surface area is 123 Å². The van der Waals surface area contributed by atoms with Gasteiger partial charge in [-0.25, -0.2) is 4.79 Å². The molecule has 0 saturated carbocycles. The molecule has 0 bridgehead atoms. The zero-order valence-electron chi connectivity index (χ0n) is 11.9. The third-order valence-corrected chi connectivity index (χ3v) is 3.05. The van der Waals surface area contributed by atoms with Gasteiger partial charge in [0, 0.05) is 11.8 Å². The summed E-state index contributed by atoms with van der Waals surface area (Å²) in [5.41, 5.74) is 1.68. The van der Waals surface area contributed by atoms with Crippen molar-refractivity contribution in [2.45, 2.75) is 13.0 Å². The topological polar surface area (TPSA) is 68.3 Å². The van der Waals surface area contributed by atoms with Crippen molar-refractivity contribution in [3.8, 4) is 0 Å². The number of hydrogen-bond donors (Lipinski definition) is 1. The van der Waals surface area contributed by atoms with Crippen LogP contribution in [0.25, 0.3) is 0 Å². The van der Waals surface area contributed by atoms with E-state index in [2.05, 4.69) is 15.0 Å². The van der Waals surface area contributed by atoms with Crippen LogP contribution < -0.4 is 5.32 Å². The predicted molar refractivity (Wildman–Crippen MR) is 77.9 cm³/mol. The lowest BCUT2D eigenvalue weighted by Crippen LogP contribution is -2.27. The maximum absolute atomic E-state index is 12.1. The summed E-state index contributed by atoms with van der Waals surface area (Å²) in [7, 11) is 1.32. The Bertz CT molecular complexity index is 624. The third kappa shape index (κ3) is 3.66. The van der Waals surface area contributed by atoms with Gasteiger partial charge in [0.05, 0.1) is 24.4 Å². The van der Waals surface area contributed by atoms with E-state index in [0.29, 0.717) is 11.1 Å². The Morgan fingerprint density at radius 2 is 1.76 bits per heavy atom. The maximum Gasteiger partial charge on any atom is 0.337 e. The molecule has 0 aliphatic rings. The minimum Gasteiger partial charge on any atom is -0.465 e. The van der Waals surface area contributed by atoms with Crippen LogP contribution in [-0.4, -0.2) is 24.0 Å². The van der Waals surface area contributed by atoms with Crippen molar-refractivity contribution in [1.29, 1.82) is 0 Å². The predicted octanol–water partition coefficient (Wildman–Crippen LogP) is 2.36. The van der Waals surface area contributed by atoms with Crippen molar-refractivity contribution in [1.82, 2.24) is 10.3 Å². The van der Waals surface area contributed by atoms with E-state index in [1.165, 1.54) is 7.11 Å². The average molecular weight is 284 g/mol. The van der Waals surface area contributed by atoms with Gasteiger partial charge in [-0.3, -0.25) is 9.78 Å². The van der Waals surface area contributed by atoms with E-state index in [9.17, 15) is 9.59 Å². The van der Waals surface area contributed by atoms with Gasteiger partial charge in [-0.1, -0.05) is 6.07 Å². The first-order chi connectivity index (χ1) is 10.1. The summed E-state index contributed by atoms with van der Waals surface area (Å²) >= 11 is 0. The molecule has 0 aliphatic carbocycles. The van der Waals surface area contributed by atoms with Crippen molar-refractivity contribution in [3.05, 3.63) is 65.5 Å². The number of pyridine rings is 1. The Kier molecular flexibility index (Phi) is 4.66. The molecule has 1 heterocycles. The van der Waals surface area contributed by atoms with E-state index < -0.39 is 5.97 Å². The molecule has 108 valence electrons. The minimum atomic E-state index is -0.427. The molecule has 0 spiro atoms. The molecule has 1 aromatic carbocycles. The Morgan fingerprint density at radius 3 is 2.33 bits per heavy atom. The van der Waals surface area contributed by atoms with Gasteiger partial charge in [-0.05, 0) is 43.3 Å². The number of rotatable bonds is 4. The second-order valence-corrected chi connectivity index (χ2v) is 4.52. The third-order valence-electron chi connectivity index (χ3n) is 3.05. The van der Waals surface area contributed by atoms with Gasteiger partial charge >= 0.3 is 5.97 Å². The monoisotopic (exact) mass is 284 g/mol. The molecule has 5 heteroatoms. The molecule has 0 saturated heterocycles. The summed E-state index contributed by atoms with van der Waals surface area (Å²) < 4.78 is 4.61. The van der Waals surface area contributed by atoms with Gasteiger partial charge < -0.3 is 10.1 Å². The SMILES string of the molecule is COC(=O)c1ccc(C(=O)N[C@@H](C)c2ccccn2)cc1. The van der Waals surface area contributed by atoms with Gasteiger partial charge in [0.2, 0.25) is 0 Å². The molecule has 0 radical (unpaired) electrons. The fraction of sp³-hybridized carbons (Fsp3) is 0.188. The van der Waals surface area contributed by atoms with E-state index in [0.717, 1.165) is 5.69 Å². The van der Waals surface area contributed by atoms with Crippen molar-refractivity contribution in [3.63, 3.8) is 0 Å². The fourth-order valence-electron chi connectivity index (χ4n) is 1.86. The van der Waals surface area contributed by atoms with Gasteiger partial charge in [0.1, 0.15) is 0 Å². The molecule has 5 nitrogen and oxygen atoms in total. The molecular weight excluding hydrogens is 268 g/mol. The average Bonchev–Trinajstić information content (AvgIpc) is 2.55. The summed E-state index contributed by atoms with van der Waals surface area (Å²) in [6.07, 6.45) is 1.68. The van der Waals surface area contributed by atoms with E-state index in [1.807, 2.05) is 25.1 Å². The van der Waals surface area contributed by atoms with Crippen molar-refractivity contribution in [2.75, 3.05) is 7.11 Å². The number of carbonyl (C=O) groups excluding carboxylic acids is 2. The molecule has 1 aromatic heterocycles. The number of esters is 1. The summed E-state index contributed by atoms with van der Waals surface area (Å²) in [4.78, 5) is 27.6. The number of nitrogens with one attached hydrogen (secondary N) is 1. The highest BCUT2D eigenvalue weighted by Crippen LogP contribution is 2.11. The fourth-order valence-corrected chi connectivity index (χ4v) is 1.86. The Hall–Kier alpha value is -2.69. The van der Waals surface area contributed by atoms with Crippen LogP contribution >= 0.6 is 0 Å². The van der Waals surface area contributed by atoms with Crippen LogP contribution in [0.15, 0.2) is 48.7 Å². The Morgan fingerprint density at radius 1 is 1.10 bits per heavy atom. The second kappa shape index (κ2) is 6.65. The van der Waals surface area contributed by atoms with Crippen LogP contribution in [0.2, 0.25) is 0 Å². The quantitative estimate of drug-likeness (QED) is 0.875. The van der Waals surface area contributed by atoms with Gasteiger partial charge in [0.25, 0.3) is 5.91 Å². The van der Waals surface area contributed by atoms with Gasteiger partial charge in [0.15, 0.2) is 0 Å². The largest absolute Gasteiger partial charge is 0.465 e. The molecule has 0 aliphatic heterocycles. The number of hydrogen-bond acceptors (Lipinski definition) is 4. The van der Waals surface area contributed by atoms with Gasteiger partial charge in [-0.2, -0.15) is 0 Å². The van der Waals surface area contributed by atoms with Crippen molar-refractivity contribution in [2.24, 2.45) is 0 Å². The molecule has 1 N–H and O–H groups in total. The highest BCUT2D eigenvalue weighted by Gasteiger charge is 2.13. The smallest absolute Gasteiger partial charge is 0.337 e. The molecule has 21 heavy (non-hydrogen) atoms. The first kappa shape index (κ1) is 14.7. The maximum atomic E-state index is 12.1. The molecule has 2 rings (SSSR count). The molecule has 1 atom stereocenters. The van der Waals surface area contributed by atoms with E-state index in [1.54, 1.807) is 30.5 Å². The van der Waals surface area contributed by atoms with Crippen LogP contribution in [0.1, 0.15) is 39.4 Å². The number of nitrogens with zero attached hydrogens (tertiary/aromatic N) is 1. The summed E-state index contributed by atoms with van der Waals surface area (Å²) in [5.74, 6) is -0.645. The number of carbonyl (C=O) groups is 2. The van der Waals surface area contributed by atoms with E-state index in [-0.39, 0.29) is 11.9 Å². The van der Waals surface area contributed by atoms with Crippen LogP contribution in [0.5, 0.6) is 0 Å². The summed E-state index contributed by atoms with van der Waals surface area (Å²) in [6.45, 7) is 1.86. The second-order valence-electron chi connectivity index (χ2n) is 4.52.